The molecular formula is C14H18ClN3O3. The summed E-state index contributed by atoms with van der Waals surface area (Å²) in [6.07, 6.45) is 1.66. The van der Waals surface area contributed by atoms with Crippen molar-refractivity contribution in [3.63, 3.8) is 0 Å². The number of rotatable bonds is 8. The van der Waals surface area contributed by atoms with Crippen molar-refractivity contribution in [2.24, 2.45) is 0 Å². The van der Waals surface area contributed by atoms with Gasteiger partial charge in [0.1, 0.15) is 6.61 Å². The normalized spacial score (nSPS) is 10.8. The number of fused-ring (bicyclic) bond motifs is 1. The van der Waals surface area contributed by atoms with Crippen LogP contribution in [0.25, 0.3) is 10.9 Å². The maximum atomic E-state index is 5.80. The Morgan fingerprint density at radius 3 is 2.71 bits per heavy atom. The van der Waals surface area contributed by atoms with E-state index in [0.29, 0.717) is 24.7 Å². The highest BCUT2D eigenvalue weighted by Gasteiger charge is 2.08. The Morgan fingerprint density at radius 1 is 1.14 bits per heavy atom. The van der Waals surface area contributed by atoms with Crippen LogP contribution in [0.15, 0.2) is 18.3 Å². The van der Waals surface area contributed by atoms with Crippen LogP contribution in [0, 0.1) is 0 Å². The van der Waals surface area contributed by atoms with Crippen molar-refractivity contribution in [3.8, 4) is 11.5 Å². The van der Waals surface area contributed by atoms with E-state index in [9.17, 15) is 0 Å². The number of benzene rings is 1. The first-order chi connectivity index (χ1) is 10.2. The Bertz CT molecular complexity index is 595. The molecule has 0 radical (unpaired) electrons. The smallest absolute Gasteiger partial charge is 0.222 e. The molecule has 1 aromatic carbocycles. The van der Waals surface area contributed by atoms with Gasteiger partial charge in [-0.3, -0.25) is 0 Å². The summed E-state index contributed by atoms with van der Waals surface area (Å²) in [6, 6.07) is 3.64. The molecule has 2 aromatic rings. The fourth-order valence-corrected chi connectivity index (χ4v) is 1.96. The molecule has 1 heterocycles. The van der Waals surface area contributed by atoms with Gasteiger partial charge in [0.05, 0.1) is 19.2 Å². The average Bonchev–Trinajstić information content (AvgIpc) is 2.49. The zero-order valence-electron chi connectivity index (χ0n) is 12.1. The van der Waals surface area contributed by atoms with E-state index in [1.165, 1.54) is 0 Å². The van der Waals surface area contributed by atoms with E-state index in [-0.39, 0.29) is 5.28 Å². The summed E-state index contributed by atoms with van der Waals surface area (Å²) >= 11 is 5.80. The Balaban J connectivity index is 2.03. The van der Waals surface area contributed by atoms with Crippen LogP contribution in [0.4, 0.5) is 0 Å². The minimum atomic E-state index is 0.208. The Labute approximate surface area is 128 Å². The largest absolute Gasteiger partial charge is 0.493 e. The lowest BCUT2D eigenvalue weighted by Crippen LogP contribution is -2.24. The fourth-order valence-electron chi connectivity index (χ4n) is 1.82. The van der Waals surface area contributed by atoms with Crippen molar-refractivity contribution in [2.45, 2.75) is 0 Å². The molecule has 0 saturated carbocycles. The van der Waals surface area contributed by atoms with Crippen molar-refractivity contribution in [3.05, 3.63) is 23.6 Å². The van der Waals surface area contributed by atoms with Gasteiger partial charge in [-0.1, -0.05) is 0 Å². The monoisotopic (exact) mass is 311 g/mol. The minimum Gasteiger partial charge on any atom is -0.493 e. The van der Waals surface area contributed by atoms with E-state index >= 15 is 0 Å². The van der Waals surface area contributed by atoms with Crippen molar-refractivity contribution in [1.82, 2.24) is 15.3 Å². The summed E-state index contributed by atoms with van der Waals surface area (Å²) in [5.41, 5.74) is 0.721. The van der Waals surface area contributed by atoms with Crippen LogP contribution in [0.2, 0.25) is 5.28 Å². The van der Waals surface area contributed by atoms with Crippen molar-refractivity contribution >= 4 is 22.5 Å². The first-order valence-electron chi connectivity index (χ1n) is 6.57. The standard InChI is InChI=1S/C14H18ClN3O3/c1-19-5-3-16-4-6-21-13-8-11-10(7-12(13)20-2)9-17-14(15)18-11/h7-9,16H,3-6H2,1-2H3. The second-order valence-corrected chi connectivity index (χ2v) is 4.63. The third kappa shape index (κ3) is 4.42. The quantitative estimate of drug-likeness (QED) is 0.593. The zero-order chi connectivity index (χ0) is 15.1. The van der Waals surface area contributed by atoms with Crippen LogP contribution in [-0.2, 0) is 4.74 Å². The molecule has 0 aliphatic heterocycles. The predicted molar refractivity (Wildman–Crippen MR) is 81.3 cm³/mol. The molecule has 0 aliphatic rings. The van der Waals surface area contributed by atoms with E-state index in [2.05, 4.69) is 15.3 Å². The molecule has 0 aliphatic carbocycles. The summed E-state index contributed by atoms with van der Waals surface area (Å²) < 4.78 is 16.0. The highest BCUT2D eigenvalue weighted by molar-refractivity contribution is 6.28. The molecule has 7 heteroatoms. The number of hydrogen-bond donors (Lipinski definition) is 1. The zero-order valence-corrected chi connectivity index (χ0v) is 12.8. The van der Waals surface area contributed by atoms with Crippen LogP contribution in [0.3, 0.4) is 0 Å². The van der Waals surface area contributed by atoms with Crippen LogP contribution in [0.5, 0.6) is 11.5 Å². The fraction of sp³-hybridized carbons (Fsp3) is 0.429. The van der Waals surface area contributed by atoms with Gasteiger partial charge in [-0.2, -0.15) is 0 Å². The third-order valence-electron chi connectivity index (χ3n) is 2.86. The summed E-state index contributed by atoms with van der Waals surface area (Å²) in [7, 11) is 3.27. The summed E-state index contributed by atoms with van der Waals surface area (Å²) in [6.45, 7) is 2.70. The molecule has 114 valence electrons. The summed E-state index contributed by atoms with van der Waals surface area (Å²) in [5.74, 6) is 1.28. The van der Waals surface area contributed by atoms with Gasteiger partial charge in [0.2, 0.25) is 5.28 Å². The molecule has 2 rings (SSSR count). The molecule has 0 unspecified atom stereocenters. The number of hydrogen-bond acceptors (Lipinski definition) is 6. The molecular weight excluding hydrogens is 294 g/mol. The average molecular weight is 312 g/mol. The first-order valence-corrected chi connectivity index (χ1v) is 6.95. The molecule has 0 amide bonds. The molecule has 0 bridgehead atoms. The number of nitrogens with one attached hydrogen (secondary N) is 1. The van der Waals surface area contributed by atoms with Crippen LogP contribution in [-0.4, -0.2) is 50.5 Å². The van der Waals surface area contributed by atoms with Gasteiger partial charge in [-0.05, 0) is 17.7 Å². The third-order valence-corrected chi connectivity index (χ3v) is 3.04. The van der Waals surface area contributed by atoms with E-state index in [0.717, 1.165) is 24.0 Å². The Kier molecular flexibility index (Phi) is 5.98. The number of methoxy groups -OCH3 is 2. The van der Waals surface area contributed by atoms with Crippen molar-refractivity contribution in [2.75, 3.05) is 40.5 Å². The van der Waals surface area contributed by atoms with Crippen LogP contribution >= 0.6 is 11.6 Å². The van der Waals surface area contributed by atoms with Crippen LogP contribution < -0.4 is 14.8 Å². The summed E-state index contributed by atoms with van der Waals surface area (Å²) in [5, 5.41) is 4.26. The molecule has 0 saturated heterocycles. The number of nitrogens with zero attached hydrogens (tertiary/aromatic N) is 2. The number of aromatic nitrogens is 2. The highest BCUT2D eigenvalue weighted by atomic mass is 35.5. The van der Waals surface area contributed by atoms with Gasteiger partial charge in [0.25, 0.3) is 0 Å². The van der Waals surface area contributed by atoms with Crippen LogP contribution in [0.1, 0.15) is 0 Å². The minimum absolute atomic E-state index is 0.208. The molecule has 21 heavy (non-hydrogen) atoms. The lowest BCUT2D eigenvalue weighted by Gasteiger charge is -2.12. The molecule has 1 aromatic heterocycles. The lowest BCUT2D eigenvalue weighted by atomic mass is 10.2. The second-order valence-electron chi connectivity index (χ2n) is 4.29. The molecule has 0 atom stereocenters. The maximum Gasteiger partial charge on any atom is 0.222 e. The van der Waals surface area contributed by atoms with E-state index in [1.807, 2.05) is 6.07 Å². The topological polar surface area (TPSA) is 65.5 Å². The van der Waals surface area contributed by atoms with Gasteiger partial charge < -0.3 is 19.5 Å². The second kappa shape index (κ2) is 7.97. The Morgan fingerprint density at radius 2 is 1.95 bits per heavy atom. The number of halogens is 1. The van der Waals surface area contributed by atoms with Gasteiger partial charge in [-0.25, -0.2) is 9.97 Å². The van der Waals surface area contributed by atoms with Gasteiger partial charge in [0, 0.05) is 37.8 Å². The van der Waals surface area contributed by atoms with Crippen molar-refractivity contribution < 1.29 is 14.2 Å². The first kappa shape index (κ1) is 15.8. The van der Waals surface area contributed by atoms with E-state index in [4.69, 9.17) is 25.8 Å². The van der Waals surface area contributed by atoms with Gasteiger partial charge in [0.15, 0.2) is 11.5 Å². The van der Waals surface area contributed by atoms with Gasteiger partial charge in [-0.15, -0.1) is 0 Å². The lowest BCUT2D eigenvalue weighted by molar-refractivity contribution is 0.196. The van der Waals surface area contributed by atoms with Gasteiger partial charge >= 0.3 is 0 Å². The van der Waals surface area contributed by atoms with Crippen molar-refractivity contribution in [1.29, 1.82) is 0 Å². The summed E-state index contributed by atoms with van der Waals surface area (Å²) in [4.78, 5) is 8.12. The maximum absolute atomic E-state index is 5.80. The molecule has 6 nitrogen and oxygen atoms in total. The highest BCUT2D eigenvalue weighted by Crippen LogP contribution is 2.31. The molecule has 1 N–H and O–H groups in total. The predicted octanol–water partition coefficient (Wildman–Crippen LogP) is 1.91. The number of ether oxygens (including phenoxy) is 3. The SMILES string of the molecule is COCCNCCOc1cc2nc(Cl)ncc2cc1OC. The van der Waals surface area contributed by atoms with E-state index in [1.54, 1.807) is 26.5 Å². The molecule has 0 spiro atoms. The Hall–Kier alpha value is -1.63. The molecule has 0 fully saturated rings. The van der Waals surface area contributed by atoms with E-state index < -0.39 is 0 Å².